The van der Waals surface area contributed by atoms with Crippen molar-refractivity contribution in [2.24, 2.45) is 0 Å². The van der Waals surface area contributed by atoms with E-state index in [2.05, 4.69) is 4.98 Å². The van der Waals surface area contributed by atoms with Crippen molar-refractivity contribution in [1.29, 1.82) is 0 Å². The molecule has 0 spiro atoms. The number of fused-ring (bicyclic) bond motifs is 1. The first-order valence-electron chi connectivity index (χ1n) is 11.3. The van der Waals surface area contributed by atoms with Gasteiger partial charge in [-0.15, -0.1) is 0 Å². The molecule has 0 bridgehead atoms. The molecule has 2 aromatic heterocycles. The molecule has 0 unspecified atom stereocenters. The van der Waals surface area contributed by atoms with Crippen molar-refractivity contribution in [1.82, 2.24) is 9.97 Å². The molecule has 35 heavy (non-hydrogen) atoms. The van der Waals surface area contributed by atoms with Crippen LogP contribution < -0.4 is 9.64 Å². The third kappa shape index (κ3) is 5.52. The Hall–Kier alpha value is -3.30. The van der Waals surface area contributed by atoms with Gasteiger partial charge in [-0.25, -0.2) is 13.4 Å². The maximum Gasteiger partial charge on any atom is 0.233 e. The highest BCUT2D eigenvalue weighted by Crippen LogP contribution is 2.35. The van der Waals surface area contributed by atoms with E-state index in [1.807, 2.05) is 37.3 Å². The van der Waals surface area contributed by atoms with E-state index in [4.69, 9.17) is 9.72 Å². The van der Waals surface area contributed by atoms with Crippen LogP contribution in [0.15, 0.2) is 71.9 Å². The largest absolute Gasteiger partial charge is 0.492 e. The molecule has 0 N–H and O–H groups in total. The summed E-state index contributed by atoms with van der Waals surface area (Å²) >= 11 is 1.43. The van der Waals surface area contributed by atoms with Crippen LogP contribution >= 0.6 is 11.3 Å². The van der Waals surface area contributed by atoms with Gasteiger partial charge < -0.3 is 4.74 Å². The summed E-state index contributed by atoms with van der Waals surface area (Å²) in [6.07, 6.45) is 3.52. The lowest BCUT2D eigenvalue weighted by molar-refractivity contribution is -0.118. The number of anilines is 1. The number of carbonyl (C=O) groups excluding carboxylic acids is 1. The Bertz CT molecular complexity index is 1420. The van der Waals surface area contributed by atoms with Crippen LogP contribution in [0, 0.1) is 0 Å². The molecule has 7 nitrogen and oxygen atoms in total. The van der Waals surface area contributed by atoms with Gasteiger partial charge >= 0.3 is 0 Å². The summed E-state index contributed by atoms with van der Waals surface area (Å²) in [6.45, 7) is 6.06. The van der Waals surface area contributed by atoms with E-state index in [9.17, 15) is 13.2 Å². The zero-order valence-electron chi connectivity index (χ0n) is 19.8. The molecule has 2 heterocycles. The minimum absolute atomic E-state index is 0.108. The summed E-state index contributed by atoms with van der Waals surface area (Å²) in [5.74, 6) is 0.536. The number of hydrogen-bond acceptors (Lipinski definition) is 7. The fourth-order valence-corrected chi connectivity index (χ4v) is 5.63. The Kier molecular flexibility index (Phi) is 7.47. The van der Waals surface area contributed by atoms with E-state index in [1.54, 1.807) is 55.4 Å². The average molecular weight is 510 g/mol. The number of nitrogens with zero attached hydrogens (tertiary/aromatic N) is 3. The van der Waals surface area contributed by atoms with Crippen LogP contribution in [0.5, 0.6) is 5.75 Å². The number of aromatic nitrogens is 2. The third-order valence-electron chi connectivity index (χ3n) is 5.49. The Morgan fingerprint density at radius 3 is 2.49 bits per heavy atom. The lowest BCUT2D eigenvalue weighted by Crippen LogP contribution is -2.31. The lowest BCUT2D eigenvalue weighted by Gasteiger charge is -2.20. The number of hydrogen-bond donors (Lipinski definition) is 0. The molecule has 1 amide bonds. The molecule has 2 aromatic carbocycles. The van der Waals surface area contributed by atoms with E-state index in [-0.39, 0.29) is 17.2 Å². The quantitative estimate of drug-likeness (QED) is 0.314. The number of ether oxygens (including phenoxy) is 1. The summed E-state index contributed by atoms with van der Waals surface area (Å²) in [5, 5.41) is 0.0607. The van der Waals surface area contributed by atoms with Gasteiger partial charge in [-0.1, -0.05) is 35.6 Å². The van der Waals surface area contributed by atoms with Crippen LogP contribution in [0.4, 0.5) is 5.13 Å². The predicted molar refractivity (Wildman–Crippen MR) is 139 cm³/mol. The van der Waals surface area contributed by atoms with E-state index < -0.39 is 15.1 Å². The smallest absolute Gasteiger partial charge is 0.233 e. The van der Waals surface area contributed by atoms with E-state index in [0.29, 0.717) is 24.0 Å². The van der Waals surface area contributed by atoms with Gasteiger partial charge in [-0.2, -0.15) is 0 Å². The third-order valence-corrected chi connectivity index (χ3v) is 8.71. The predicted octanol–water partition coefficient (Wildman–Crippen LogP) is 5.05. The minimum Gasteiger partial charge on any atom is -0.492 e. The first kappa shape index (κ1) is 24.8. The van der Waals surface area contributed by atoms with Gasteiger partial charge in [0.2, 0.25) is 5.91 Å². The summed E-state index contributed by atoms with van der Waals surface area (Å²) in [6, 6.07) is 16.0. The van der Waals surface area contributed by atoms with Gasteiger partial charge in [0.05, 0.1) is 34.4 Å². The van der Waals surface area contributed by atoms with Crippen molar-refractivity contribution in [3.8, 4) is 5.75 Å². The molecule has 0 radical (unpaired) electrons. The summed E-state index contributed by atoms with van der Waals surface area (Å²) < 4.78 is 31.5. The van der Waals surface area contributed by atoms with Crippen molar-refractivity contribution in [3.63, 3.8) is 0 Å². The molecule has 0 aliphatic heterocycles. The lowest BCUT2D eigenvalue weighted by atomic mass is 10.1. The summed E-state index contributed by atoms with van der Waals surface area (Å²) in [5.41, 5.74) is 2.33. The maximum absolute atomic E-state index is 13.5. The molecule has 0 aliphatic carbocycles. The Morgan fingerprint density at radius 2 is 1.83 bits per heavy atom. The van der Waals surface area contributed by atoms with Gasteiger partial charge in [0.1, 0.15) is 11.3 Å². The molecule has 0 saturated heterocycles. The zero-order valence-corrected chi connectivity index (χ0v) is 21.5. The Balaban J connectivity index is 1.65. The average Bonchev–Trinajstić information content (AvgIpc) is 3.28. The van der Waals surface area contributed by atoms with Crippen molar-refractivity contribution >= 4 is 42.4 Å². The highest BCUT2D eigenvalue weighted by molar-refractivity contribution is 7.92. The second-order valence-electron chi connectivity index (χ2n) is 8.29. The number of pyridine rings is 1. The molecule has 182 valence electrons. The zero-order chi connectivity index (χ0) is 25.0. The highest BCUT2D eigenvalue weighted by Gasteiger charge is 2.23. The number of para-hydroxylation sites is 1. The van der Waals surface area contributed by atoms with Gasteiger partial charge in [0, 0.05) is 12.4 Å². The fraction of sp³-hybridized carbons (Fsp3) is 0.269. The topological polar surface area (TPSA) is 89.5 Å². The molecular formula is C26H27N3O4S2. The number of benzene rings is 2. The first-order valence-corrected chi connectivity index (χ1v) is 13.7. The Morgan fingerprint density at radius 1 is 1.06 bits per heavy atom. The van der Waals surface area contributed by atoms with Gasteiger partial charge in [-0.05, 0) is 62.2 Å². The first-order chi connectivity index (χ1) is 16.8. The van der Waals surface area contributed by atoms with Gasteiger partial charge in [-0.3, -0.25) is 14.7 Å². The van der Waals surface area contributed by atoms with Crippen molar-refractivity contribution in [2.45, 2.75) is 43.9 Å². The normalized spacial score (nSPS) is 11.7. The van der Waals surface area contributed by atoms with E-state index in [1.165, 1.54) is 11.3 Å². The monoisotopic (exact) mass is 509 g/mol. The van der Waals surface area contributed by atoms with Crippen molar-refractivity contribution in [3.05, 3.63) is 78.1 Å². The number of rotatable bonds is 9. The number of amides is 1. The molecule has 9 heteroatoms. The summed E-state index contributed by atoms with van der Waals surface area (Å²) in [7, 11) is -3.37. The van der Waals surface area contributed by atoms with Gasteiger partial charge in [0.15, 0.2) is 15.0 Å². The molecule has 0 aliphatic rings. The SMILES string of the molecule is CCOc1cccc2sc(N(Cc3cccnc3)C(=O)Cc3ccc(S(=O)(=O)C(C)C)cc3)nc12. The van der Waals surface area contributed by atoms with Crippen LogP contribution in [0.25, 0.3) is 10.2 Å². The van der Waals surface area contributed by atoms with E-state index in [0.717, 1.165) is 21.3 Å². The maximum atomic E-state index is 13.5. The number of carbonyl (C=O) groups is 1. The number of sulfone groups is 1. The fourth-order valence-electron chi connectivity index (χ4n) is 3.57. The molecule has 4 rings (SSSR count). The molecule has 4 aromatic rings. The van der Waals surface area contributed by atoms with Gasteiger partial charge in [0.25, 0.3) is 0 Å². The Labute approximate surface area is 209 Å². The van der Waals surface area contributed by atoms with E-state index >= 15 is 0 Å². The second kappa shape index (κ2) is 10.5. The number of thiazole rings is 1. The minimum atomic E-state index is -3.37. The van der Waals surface area contributed by atoms with Crippen molar-refractivity contribution in [2.75, 3.05) is 11.5 Å². The standard InChI is InChI=1S/C26H27N3O4S2/c1-4-33-22-8-5-9-23-25(22)28-26(34-23)29(17-20-7-6-14-27-16-20)24(30)15-19-10-12-21(13-11-19)35(31,32)18(2)3/h5-14,16,18H,4,15,17H2,1-3H3. The van der Waals surface area contributed by atoms with Crippen LogP contribution in [0.3, 0.4) is 0 Å². The molecule has 0 atom stereocenters. The molecular weight excluding hydrogens is 482 g/mol. The van der Waals surface area contributed by atoms with Crippen LogP contribution in [-0.4, -0.2) is 36.1 Å². The van der Waals surface area contributed by atoms with Crippen LogP contribution in [-0.2, 0) is 27.6 Å². The molecule has 0 saturated carbocycles. The highest BCUT2D eigenvalue weighted by atomic mass is 32.2. The van der Waals surface area contributed by atoms with Crippen LogP contribution in [0.1, 0.15) is 31.9 Å². The molecule has 0 fully saturated rings. The van der Waals surface area contributed by atoms with Crippen LogP contribution in [0.2, 0.25) is 0 Å². The summed E-state index contributed by atoms with van der Waals surface area (Å²) in [4.78, 5) is 24.3. The van der Waals surface area contributed by atoms with Crippen molar-refractivity contribution < 1.29 is 17.9 Å². The second-order valence-corrected chi connectivity index (χ2v) is 11.8.